The zero-order valence-corrected chi connectivity index (χ0v) is 14.2. The van der Waals surface area contributed by atoms with Gasteiger partial charge in [-0.1, -0.05) is 23.7 Å². The van der Waals surface area contributed by atoms with Crippen LogP contribution in [0.25, 0.3) is 11.0 Å². The maximum Gasteiger partial charge on any atom is 0.258 e. The monoisotopic (exact) mass is 353 g/mol. The van der Waals surface area contributed by atoms with Gasteiger partial charge in [-0.3, -0.25) is 4.79 Å². The summed E-state index contributed by atoms with van der Waals surface area (Å²) in [6.07, 6.45) is 3.67. The Balaban J connectivity index is 1.72. The Morgan fingerprint density at radius 3 is 2.44 bits per heavy atom. The lowest BCUT2D eigenvalue weighted by Crippen LogP contribution is -2.23. The fourth-order valence-electron chi connectivity index (χ4n) is 2.91. The van der Waals surface area contributed by atoms with Crippen LogP contribution >= 0.6 is 11.6 Å². The second-order valence-electron chi connectivity index (χ2n) is 5.90. The van der Waals surface area contributed by atoms with Gasteiger partial charge in [0, 0.05) is 19.3 Å². The van der Waals surface area contributed by atoms with E-state index >= 15 is 0 Å². The summed E-state index contributed by atoms with van der Waals surface area (Å²) in [6.45, 7) is 1.83. The Bertz CT molecular complexity index is 922. The van der Waals surface area contributed by atoms with Gasteiger partial charge in [-0.05, 0) is 37.1 Å². The predicted octanol–water partition coefficient (Wildman–Crippen LogP) is 3.53. The van der Waals surface area contributed by atoms with E-state index in [4.69, 9.17) is 16.6 Å². The molecule has 0 bridgehead atoms. The summed E-state index contributed by atoms with van der Waals surface area (Å²) < 4.78 is 0. The number of para-hydroxylation sites is 2. The fraction of sp³-hybridized carbons (Fsp3) is 0.222. The van der Waals surface area contributed by atoms with Gasteiger partial charge in [0.2, 0.25) is 0 Å². The van der Waals surface area contributed by atoms with E-state index in [1.54, 1.807) is 12.1 Å². The number of rotatable bonds is 3. The topological polar surface area (TPSA) is 71.0 Å². The molecule has 0 spiro atoms. The van der Waals surface area contributed by atoms with Gasteiger partial charge in [-0.25, -0.2) is 15.0 Å². The molecular weight excluding hydrogens is 338 g/mol. The van der Waals surface area contributed by atoms with Crippen molar-refractivity contribution in [3.63, 3.8) is 0 Å². The number of aromatic nitrogens is 3. The van der Waals surface area contributed by atoms with Crippen LogP contribution in [0.1, 0.15) is 23.2 Å². The first-order valence-electron chi connectivity index (χ1n) is 8.15. The van der Waals surface area contributed by atoms with Gasteiger partial charge in [0.25, 0.3) is 5.91 Å². The van der Waals surface area contributed by atoms with Gasteiger partial charge in [0.05, 0.1) is 16.6 Å². The molecule has 1 amide bonds. The highest BCUT2D eigenvalue weighted by Gasteiger charge is 2.21. The van der Waals surface area contributed by atoms with Crippen molar-refractivity contribution in [3.8, 4) is 0 Å². The summed E-state index contributed by atoms with van der Waals surface area (Å²) in [5.74, 6) is 0.904. The first-order valence-corrected chi connectivity index (χ1v) is 8.53. The Morgan fingerprint density at radius 1 is 1.04 bits per heavy atom. The van der Waals surface area contributed by atoms with Crippen LogP contribution in [0, 0.1) is 0 Å². The highest BCUT2D eigenvalue weighted by Crippen LogP contribution is 2.28. The maximum atomic E-state index is 12.5. The van der Waals surface area contributed by atoms with Crippen LogP contribution in [-0.2, 0) is 0 Å². The smallest absolute Gasteiger partial charge is 0.258 e. The van der Waals surface area contributed by atoms with Gasteiger partial charge in [0.1, 0.15) is 5.15 Å². The van der Waals surface area contributed by atoms with Gasteiger partial charge in [-0.2, -0.15) is 0 Å². The molecule has 1 fully saturated rings. The Morgan fingerprint density at radius 2 is 1.76 bits per heavy atom. The van der Waals surface area contributed by atoms with Crippen molar-refractivity contribution in [2.45, 2.75) is 12.8 Å². The summed E-state index contributed by atoms with van der Waals surface area (Å²) in [4.78, 5) is 28.0. The molecule has 7 heteroatoms. The lowest BCUT2D eigenvalue weighted by Gasteiger charge is -2.20. The van der Waals surface area contributed by atoms with E-state index in [1.165, 1.54) is 6.20 Å². The van der Waals surface area contributed by atoms with Crippen molar-refractivity contribution >= 4 is 40.2 Å². The number of anilines is 2. The molecule has 0 radical (unpaired) electrons. The van der Waals surface area contributed by atoms with Crippen LogP contribution in [0.2, 0.25) is 5.15 Å². The Labute approximate surface area is 149 Å². The molecule has 0 unspecified atom stereocenters. The second kappa shape index (κ2) is 6.64. The van der Waals surface area contributed by atoms with E-state index in [-0.39, 0.29) is 5.91 Å². The number of fused-ring (bicyclic) bond motifs is 1. The van der Waals surface area contributed by atoms with E-state index in [2.05, 4.69) is 20.2 Å². The number of nitrogens with one attached hydrogen (secondary N) is 1. The zero-order chi connectivity index (χ0) is 17.2. The first kappa shape index (κ1) is 15.8. The molecule has 126 valence electrons. The molecule has 4 rings (SSSR count). The van der Waals surface area contributed by atoms with Crippen molar-refractivity contribution in [1.82, 2.24) is 15.0 Å². The van der Waals surface area contributed by atoms with Crippen LogP contribution in [-0.4, -0.2) is 33.9 Å². The van der Waals surface area contributed by atoms with E-state index < -0.39 is 0 Å². The highest BCUT2D eigenvalue weighted by atomic mass is 35.5. The molecule has 2 aromatic heterocycles. The van der Waals surface area contributed by atoms with Crippen molar-refractivity contribution in [2.24, 2.45) is 0 Å². The lowest BCUT2D eigenvalue weighted by molar-refractivity contribution is 0.102. The van der Waals surface area contributed by atoms with Crippen LogP contribution < -0.4 is 10.2 Å². The van der Waals surface area contributed by atoms with Gasteiger partial charge >= 0.3 is 0 Å². The molecule has 6 nitrogen and oxygen atoms in total. The molecule has 1 aromatic carbocycles. The number of halogens is 1. The second-order valence-corrected chi connectivity index (χ2v) is 6.29. The molecule has 1 saturated heterocycles. The standard InChI is InChI=1S/C18H16ClN5O/c19-15-8-7-12(11-20-15)18(25)23-16-17(24-9-3-4-10-24)22-14-6-2-1-5-13(14)21-16/h1-2,5-8,11H,3-4,9-10H2,(H,21,23,25). The third-order valence-corrected chi connectivity index (χ3v) is 4.40. The van der Waals surface area contributed by atoms with Gasteiger partial charge in [-0.15, -0.1) is 0 Å². The molecule has 1 N–H and O–H groups in total. The molecular formula is C18H16ClN5O. The minimum Gasteiger partial charge on any atom is -0.354 e. The average Bonchev–Trinajstić information content (AvgIpc) is 3.16. The molecule has 0 saturated carbocycles. The van der Waals surface area contributed by atoms with Crippen LogP contribution in [0.15, 0.2) is 42.6 Å². The van der Waals surface area contributed by atoms with Crippen molar-refractivity contribution < 1.29 is 4.79 Å². The number of amides is 1. The van der Waals surface area contributed by atoms with Crippen molar-refractivity contribution in [3.05, 3.63) is 53.3 Å². The minimum atomic E-state index is -0.283. The number of benzene rings is 1. The summed E-state index contributed by atoms with van der Waals surface area (Å²) in [5.41, 5.74) is 1.98. The SMILES string of the molecule is O=C(Nc1nc2ccccc2nc1N1CCCC1)c1ccc(Cl)nc1. The molecule has 1 aliphatic heterocycles. The fourth-order valence-corrected chi connectivity index (χ4v) is 3.03. The molecule has 0 atom stereocenters. The van der Waals surface area contributed by atoms with Crippen LogP contribution in [0.5, 0.6) is 0 Å². The number of hydrogen-bond donors (Lipinski definition) is 1. The maximum absolute atomic E-state index is 12.5. The highest BCUT2D eigenvalue weighted by molar-refractivity contribution is 6.29. The molecule has 0 aliphatic carbocycles. The number of carbonyl (C=O) groups excluding carboxylic acids is 1. The number of carbonyl (C=O) groups is 1. The summed E-state index contributed by atoms with van der Waals surface area (Å²) in [7, 11) is 0. The first-order chi connectivity index (χ1) is 12.2. The largest absolute Gasteiger partial charge is 0.354 e. The summed E-state index contributed by atoms with van der Waals surface area (Å²) >= 11 is 5.78. The van der Waals surface area contributed by atoms with E-state index in [0.717, 1.165) is 37.0 Å². The van der Waals surface area contributed by atoms with Crippen molar-refractivity contribution in [1.29, 1.82) is 0 Å². The number of hydrogen-bond acceptors (Lipinski definition) is 5. The van der Waals surface area contributed by atoms with Crippen molar-refractivity contribution in [2.75, 3.05) is 23.3 Å². The van der Waals surface area contributed by atoms with E-state index in [9.17, 15) is 4.79 Å². The zero-order valence-electron chi connectivity index (χ0n) is 13.4. The average molecular weight is 354 g/mol. The quantitative estimate of drug-likeness (QED) is 0.729. The number of nitrogens with zero attached hydrogens (tertiary/aromatic N) is 4. The predicted molar refractivity (Wildman–Crippen MR) is 98.2 cm³/mol. The molecule has 1 aliphatic rings. The minimum absolute atomic E-state index is 0.283. The van der Waals surface area contributed by atoms with E-state index in [1.807, 2.05) is 24.3 Å². The Kier molecular flexibility index (Phi) is 4.19. The summed E-state index contributed by atoms with van der Waals surface area (Å²) in [6, 6.07) is 10.9. The number of pyridine rings is 1. The normalized spacial score (nSPS) is 14.0. The van der Waals surface area contributed by atoms with Crippen LogP contribution in [0.3, 0.4) is 0 Å². The third-order valence-electron chi connectivity index (χ3n) is 4.18. The van der Waals surface area contributed by atoms with Crippen LogP contribution in [0.4, 0.5) is 11.6 Å². The molecule has 3 aromatic rings. The van der Waals surface area contributed by atoms with E-state index in [0.29, 0.717) is 22.4 Å². The Hall–Kier alpha value is -2.73. The lowest BCUT2D eigenvalue weighted by atomic mass is 10.2. The molecule has 3 heterocycles. The van der Waals surface area contributed by atoms with Gasteiger partial charge < -0.3 is 10.2 Å². The van der Waals surface area contributed by atoms with Gasteiger partial charge in [0.15, 0.2) is 11.6 Å². The molecule has 25 heavy (non-hydrogen) atoms. The third kappa shape index (κ3) is 3.25. The summed E-state index contributed by atoms with van der Waals surface area (Å²) in [5, 5.41) is 3.23.